The van der Waals surface area contributed by atoms with Gasteiger partial charge >= 0.3 is 18.1 Å². The molecule has 0 saturated carbocycles. The summed E-state index contributed by atoms with van der Waals surface area (Å²) in [5.41, 5.74) is 7.42. The van der Waals surface area contributed by atoms with Crippen LogP contribution in [-0.2, 0) is 20.7 Å². The zero-order valence-corrected chi connectivity index (χ0v) is 15.5. The van der Waals surface area contributed by atoms with Crippen molar-refractivity contribution < 1.29 is 28.7 Å². The third-order valence-electron chi connectivity index (χ3n) is 3.02. The van der Waals surface area contributed by atoms with Gasteiger partial charge in [0.2, 0.25) is 5.91 Å². The van der Waals surface area contributed by atoms with Crippen molar-refractivity contribution in [1.82, 2.24) is 9.99 Å². The number of imide groups is 1. The minimum atomic E-state index is -0.897. The molecule has 0 aliphatic rings. The van der Waals surface area contributed by atoms with Crippen LogP contribution in [0, 0.1) is 6.92 Å². The molecule has 0 aliphatic heterocycles. The summed E-state index contributed by atoms with van der Waals surface area (Å²) >= 11 is 0. The molecule has 0 bridgehead atoms. The first kappa shape index (κ1) is 21.0. The molecule has 0 saturated heterocycles. The van der Waals surface area contributed by atoms with Crippen LogP contribution in [0.25, 0.3) is 0 Å². The summed E-state index contributed by atoms with van der Waals surface area (Å²) in [5, 5.41) is 2.08. The van der Waals surface area contributed by atoms with Crippen LogP contribution in [0.5, 0.6) is 0 Å². The molecule has 10 nitrogen and oxygen atoms in total. The van der Waals surface area contributed by atoms with Gasteiger partial charge in [0.25, 0.3) is 0 Å². The molecular weight excluding hydrogens is 344 g/mol. The molecule has 0 aliphatic carbocycles. The maximum atomic E-state index is 12.1. The lowest BCUT2D eigenvalue weighted by Crippen LogP contribution is -2.38. The van der Waals surface area contributed by atoms with Gasteiger partial charge in [-0.15, -0.1) is 0 Å². The summed E-state index contributed by atoms with van der Waals surface area (Å²) in [6, 6.07) is 0.505. The fraction of sp³-hybridized carbons (Fsp3) is 0.500. The summed E-state index contributed by atoms with van der Waals surface area (Å²) in [5.74, 6) is -1.29. The highest BCUT2D eigenvalue weighted by Crippen LogP contribution is 2.16. The first-order valence-electron chi connectivity index (χ1n) is 7.92. The Hall–Kier alpha value is -3.04. The van der Waals surface area contributed by atoms with Crippen molar-refractivity contribution in [1.29, 1.82) is 0 Å². The molecule has 10 heteroatoms. The Morgan fingerprint density at radius 2 is 1.85 bits per heavy atom. The molecule has 4 amide bonds. The maximum Gasteiger partial charge on any atom is 0.414 e. The summed E-state index contributed by atoms with van der Waals surface area (Å²) in [6.45, 7) is 8.36. The van der Waals surface area contributed by atoms with Crippen molar-refractivity contribution >= 4 is 24.0 Å². The van der Waals surface area contributed by atoms with E-state index in [0.717, 1.165) is 0 Å². The van der Waals surface area contributed by atoms with Crippen molar-refractivity contribution in [3.8, 4) is 0 Å². The Labute approximate surface area is 151 Å². The van der Waals surface area contributed by atoms with E-state index in [-0.39, 0.29) is 24.3 Å². The van der Waals surface area contributed by atoms with Gasteiger partial charge in [0.1, 0.15) is 5.60 Å². The van der Waals surface area contributed by atoms with E-state index >= 15 is 0 Å². The average molecular weight is 368 g/mol. The van der Waals surface area contributed by atoms with E-state index in [1.165, 1.54) is 10.7 Å². The predicted molar refractivity (Wildman–Crippen MR) is 92.2 cm³/mol. The minimum absolute atomic E-state index is 0.167. The SMILES string of the molecule is CCOC(=O)c1cc(CC(=O)NC(=O)OC(C)(C)C)n(NC(N)=O)c1C. The third kappa shape index (κ3) is 6.11. The van der Waals surface area contributed by atoms with Crippen LogP contribution in [0.1, 0.15) is 49.4 Å². The Balaban J connectivity index is 3.01. The number of alkyl carbamates (subject to hydrolysis) is 1. The standard InChI is InChI=1S/C16H24N4O6/c1-6-25-13(22)11-7-10(20(9(11)2)19-14(17)23)8-12(21)18-15(24)26-16(3,4)5/h7H,6,8H2,1-5H3,(H3,17,19,23)(H,18,21,24). The van der Waals surface area contributed by atoms with Gasteiger partial charge in [0.05, 0.1) is 30.0 Å². The molecule has 4 N–H and O–H groups in total. The highest BCUT2D eigenvalue weighted by molar-refractivity contribution is 5.95. The number of ether oxygens (including phenoxy) is 2. The van der Waals surface area contributed by atoms with Gasteiger partial charge in [0, 0.05) is 0 Å². The molecule has 0 fully saturated rings. The van der Waals surface area contributed by atoms with E-state index in [9.17, 15) is 19.2 Å². The first-order chi connectivity index (χ1) is 11.9. The van der Waals surface area contributed by atoms with Gasteiger partial charge in [-0.05, 0) is 40.7 Å². The quantitative estimate of drug-likeness (QED) is 0.666. The smallest absolute Gasteiger partial charge is 0.414 e. The van der Waals surface area contributed by atoms with Gasteiger partial charge in [0.15, 0.2) is 0 Å². The number of nitrogens with zero attached hydrogens (tertiary/aromatic N) is 1. The molecule has 0 atom stereocenters. The molecule has 144 valence electrons. The van der Waals surface area contributed by atoms with Crippen LogP contribution in [0.2, 0.25) is 0 Å². The molecule has 0 unspecified atom stereocenters. The van der Waals surface area contributed by atoms with E-state index in [4.69, 9.17) is 15.2 Å². The zero-order chi connectivity index (χ0) is 20.1. The number of carbonyl (C=O) groups excluding carboxylic acids is 4. The van der Waals surface area contributed by atoms with Gasteiger partial charge in [-0.25, -0.2) is 19.8 Å². The van der Waals surface area contributed by atoms with E-state index in [2.05, 4.69) is 10.7 Å². The second-order valence-electron chi connectivity index (χ2n) is 6.39. The summed E-state index contributed by atoms with van der Waals surface area (Å²) < 4.78 is 11.1. The molecule has 1 heterocycles. The largest absolute Gasteiger partial charge is 0.462 e. The Bertz CT molecular complexity index is 717. The number of primary amides is 1. The fourth-order valence-electron chi connectivity index (χ4n) is 2.11. The van der Waals surface area contributed by atoms with Crippen molar-refractivity contribution in [2.45, 2.75) is 46.6 Å². The number of carbonyl (C=O) groups is 4. The van der Waals surface area contributed by atoms with Crippen LogP contribution in [0.3, 0.4) is 0 Å². The lowest BCUT2D eigenvalue weighted by atomic mass is 10.2. The first-order valence-corrected chi connectivity index (χ1v) is 7.92. The molecule has 0 spiro atoms. The van der Waals surface area contributed by atoms with E-state index in [1.54, 1.807) is 34.6 Å². The van der Waals surface area contributed by atoms with Crippen molar-refractivity contribution in [2.75, 3.05) is 12.0 Å². The molecular formula is C16H24N4O6. The summed E-state index contributed by atoms with van der Waals surface area (Å²) in [7, 11) is 0. The van der Waals surface area contributed by atoms with Gasteiger partial charge in [-0.2, -0.15) is 0 Å². The monoisotopic (exact) mass is 368 g/mol. The average Bonchev–Trinajstić information content (AvgIpc) is 2.73. The molecule has 1 aromatic heterocycles. The number of nitrogens with two attached hydrogens (primary N) is 1. The highest BCUT2D eigenvalue weighted by atomic mass is 16.6. The zero-order valence-electron chi connectivity index (χ0n) is 15.5. The number of hydrogen-bond donors (Lipinski definition) is 3. The number of urea groups is 1. The Morgan fingerprint density at radius 1 is 1.23 bits per heavy atom. The number of rotatable bonds is 5. The number of aromatic nitrogens is 1. The molecule has 0 radical (unpaired) electrons. The fourth-order valence-corrected chi connectivity index (χ4v) is 2.11. The topological polar surface area (TPSA) is 142 Å². The second kappa shape index (κ2) is 8.37. The minimum Gasteiger partial charge on any atom is -0.462 e. The lowest BCUT2D eigenvalue weighted by Gasteiger charge is -2.19. The number of nitrogens with one attached hydrogen (secondary N) is 2. The molecule has 1 aromatic rings. The lowest BCUT2D eigenvalue weighted by molar-refractivity contribution is -0.120. The van der Waals surface area contributed by atoms with Crippen LogP contribution >= 0.6 is 0 Å². The van der Waals surface area contributed by atoms with Crippen molar-refractivity contribution in [3.05, 3.63) is 23.0 Å². The van der Waals surface area contributed by atoms with Crippen LogP contribution in [-0.4, -0.2) is 40.9 Å². The second-order valence-corrected chi connectivity index (χ2v) is 6.39. The third-order valence-corrected chi connectivity index (χ3v) is 3.02. The van der Waals surface area contributed by atoms with E-state index < -0.39 is 29.6 Å². The Morgan fingerprint density at radius 3 is 2.35 bits per heavy atom. The number of hydrogen-bond acceptors (Lipinski definition) is 6. The maximum absolute atomic E-state index is 12.1. The highest BCUT2D eigenvalue weighted by Gasteiger charge is 2.23. The van der Waals surface area contributed by atoms with E-state index in [0.29, 0.717) is 5.69 Å². The molecule has 26 heavy (non-hydrogen) atoms. The van der Waals surface area contributed by atoms with Crippen LogP contribution in [0.15, 0.2) is 6.07 Å². The van der Waals surface area contributed by atoms with Gasteiger partial charge in [-0.3, -0.25) is 14.8 Å². The summed E-state index contributed by atoms with van der Waals surface area (Å²) in [4.78, 5) is 46.9. The Kier molecular flexibility index (Phi) is 6.76. The van der Waals surface area contributed by atoms with E-state index in [1.807, 2.05) is 0 Å². The predicted octanol–water partition coefficient (Wildman–Crippen LogP) is 1.19. The number of amides is 4. The molecule has 1 rings (SSSR count). The van der Waals surface area contributed by atoms with Crippen LogP contribution in [0.4, 0.5) is 9.59 Å². The normalized spacial score (nSPS) is 10.8. The van der Waals surface area contributed by atoms with Gasteiger partial charge in [-0.1, -0.05) is 0 Å². The molecule has 0 aromatic carbocycles. The van der Waals surface area contributed by atoms with Crippen LogP contribution < -0.4 is 16.5 Å². The number of esters is 1. The van der Waals surface area contributed by atoms with Gasteiger partial charge < -0.3 is 15.2 Å². The summed E-state index contributed by atoms with van der Waals surface area (Å²) in [6.07, 6.45) is -1.20. The van der Waals surface area contributed by atoms with Crippen molar-refractivity contribution in [2.24, 2.45) is 5.73 Å². The van der Waals surface area contributed by atoms with Crippen molar-refractivity contribution in [3.63, 3.8) is 0 Å².